The second-order valence-electron chi connectivity index (χ2n) is 8.11. The van der Waals surface area contributed by atoms with Crippen LogP contribution in [0.4, 0.5) is 0 Å². The first-order valence-electron chi connectivity index (χ1n) is 10.8. The molecule has 1 aliphatic rings. The lowest BCUT2D eigenvalue weighted by Gasteiger charge is -2.31. The average Bonchev–Trinajstić information content (AvgIpc) is 3.11. The summed E-state index contributed by atoms with van der Waals surface area (Å²) in [4.78, 5) is 18.7. The molecular formula is C25H29N3O3. The fraction of sp³-hybridized carbons (Fsp3) is 0.360. The van der Waals surface area contributed by atoms with Crippen molar-refractivity contribution in [3.63, 3.8) is 0 Å². The van der Waals surface area contributed by atoms with E-state index in [4.69, 9.17) is 9.15 Å². The first-order valence-corrected chi connectivity index (χ1v) is 10.8. The van der Waals surface area contributed by atoms with Crippen molar-refractivity contribution in [2.45, 2.75) is 45.9 Å². The molecular weight excluding hydrogens is 390 g/mol. The predicted octanol–water partition coefficient (Wildman–Crippen LogP) is 4.26. The molecule has 2 aromatic heterocycles. The van der Waals surface area contributed by atoms with Crippen molar-refractivity contribution in [2.75, 3.05) is 13.1 Å². The number of ether oxygens (including phenoxy) is 1. The van der Waals surface area contributed by atoms with Gasteiger partial charge in [0, 0.05) is 37.6 Å². The largest absolute Gasteiger partial charge is 0.490 e. The third-order valence-corrected chi connectivity index (χ3v) is 5.75. The van der Waals surface area contributed by atoms with Crippen LogP contribution in [0.2, 0.25) is 0 Å². The van der Waals surface area contributed by atoms with Gasteiger partial charge in [0.25, 0.3) is 5.91 Å². The number of rotatable bonds is 7. The van der Waals surface area contributed by atoms with Gasteiger partial charge in [-0.05, 0) is 80.3 Å². The molecule has 0 bridgehead atoms. The highest BCUT2D eigenvalue weighted by molar-refractivity contribution is 5.94. The SMILES string of the molecule is Cc1cc(CN2CCC(Oc3ccc(C(=O)NCc4ccncc4)cc3)CC2)oc1C. The highest BCUT2D eigenvalue weighted by Crippen LogP contribution is 2.22. The molecule has 1 aromatic carbocycles. The highest BCUT2D eigenvalue weighted by Gasteiger charge is 2.21. The van der Waals surface area contributed by atoms with Crippen molar-refractivity contribution >= 4 is 5.91 Å². The molecule has 3 aromatic rings. The van der Waals surface area contributed by atoms with Gasteiger partial charge in [0.1, 0.15) is 23.4 Å². The molecule has 31 heavy (non-hydrogen) atoms. The molecule has 0 saturated carbocycles. The number of likely N-dealkylation sites (tertiary alicyclic amines) is 1. The van der Waals surface area contributed by atoms with Crippen molar-refractivity contribution in [3.05, 3.63) is 83.1 Å². The lowest BCUT2D eigenvalue weighted by atomic mass is 10.1. The van der Waals surface area contributed by atoms with Gasteiger partial charge in [0.15, 0.2) is 0 Å². The molecule has 0 spiro atoms. The lowest BCUT2D eigenvalue weighted by Crippen LogP contribution is -2.37. The summed E-state index contributed by atoms with van der Waals surface area (Å²) in [6.07, 6.45) is 5.59. The molecule has 0 unspecified atom stereocenters. The van der Waals surface area contributed by atoms with E-state index in [9.17, 15) is 4.79 Å². The number of hydrogen-bond donors (Lipinski definition) is 1. The zero-order valence-corrected chi connectivity index (χ0v) is 18.1. The van der Waals surface area contributed by atoms with Crippen LogP contribution in [0, 0.1) is 13.8 Å². The smallest absolute Gasteiger partial charge is 0.251 e. The number of nitrogens with zero attached hydrogens (tertiary/aromatic N) is 2. The minimum Gasteiger partial charge on any atom is -0.490 e. The van der Waals surface area contributed by atoms with Gasteiger partial charge in [-0.15, -0.1) is 0 Å². The molecule has 1 saturated heterocycles. The Bertz CT molecular complexity index is 971. The maximum atomic E-state index is 12.3. The Morgan fingerprint density at radius 1 is 1.13 bits per heavy atom. The van der Waals surface area contributed by atoms with Crippen LogP contribution in [-0.4, -0.2) is 35.0 Å². The Morgan fingerprint density at radius 2 is 1.84 bits per heavy atom. The number of carbonyl (C=O) groups excluding carboxylic acids is 1. The van der Waals surface area contributed by atoms with E-state index in [1.807, 2.05) is 43.3 Å². The topological polar surface area (TPSA) is 67.6 Å². The quantitative estimate of drug-likeness (QED) is 0.620. The van der Waals surface area contributed by atoms with Crippen LogP contribution < -0.4 is 10.1 Å². The first-order chi connectivity index (χ1) is 15.1. The number of carbonyl (C=O) groups is 1. The van der Waals surface area contributed by atoms with E-state index in [0.29, 0.717) is 12.1 Å². The predicted molar refractivity (Wildman–Crippen MR) is 119 cm³/mol. The third kappa shape index (κ3) is 5.73. The summed E-state index contributed by atoms with van der Waals surface area (Å²) in [5, 5.41) is 2.93. The minimum absolute atomic E-state index is 0.0972. The maximum Gasteiger partial charge on any atom is 0.251 e. The zero-order valence-electron chi connectivity index (χ0n) is 18.1. The third-order valence-electron chi connectivity index (χ3n) is 5.75. The zero-order chi connectivity index (χ0) is 21.6. The van der Waals surface area contributed by atoms with Gasteiger partial charge in [-0.3, -0.25) is 14.7 Å². The van der Waals surface area contributed by atoms with Crippen LogP contribution >= 0.6 is 0 Å². The summed E-state index contributed by atoms with van der Waals surface area (Å²) in [5.74, 6) is 2.75. The van der Waals surface area contributed by atoms with Gasteiger partial charge in [-0.2, -0.15) is 0 Å². The Morgan fingerprint density at radius 3 is 2.48 bits per heavy atom. The van der Waals surface area contributed by atoms with Gasteiger partial charge in [-0.25, -0.2) is 0 Å². The molecule has 0 aliphatic carbocycles. The Hall–Kier alpha value is -3.12. The van der Waals surface area contributed by atoms with Crippen molar-refractivity contribution in [1.29, 1.82) is 0 Å². The van der Waals surface area contributed by atoms with Gasteiger partial charge >= 0.3 is 0 Å². The Labute approximate surface area is 183 Å². The monoisotopic (exact) mass is 419 g/mol. The Kier molecular flexibility index (Phi) is 6.67. The molecule has 0 radical (unpaired) electrons. The molecule has 162 valence electrons. The first kappa shape index (κ1) is 21.1. The van der Waals surface area contributed by atoms with Crippen LogP contribution in [0.1, 0.15) is 45.8 Å². The number of furan rings is 1. The lowest BCUT2D eigenvalue weighted by molar-refractivity contribution is 0.0925. The van der Waals surface area contributed by atoms with Crippen LogP contribution in [0.5, 0.6) is 5.75 Å². The fourth-order valence-electron chi connectivity index (χ4n) is 3.80. The number of pyridine rings is 1. The van der Waals surface area contributed by atoms with Gasteiger partial charge in [0.2, 0.25) is 0 Å². The van der Waals surface area contributed by atoms with Gasteiger partial charge < -0.3 is 14.5 Å². The normalized spacial score (nSPS) is 15.0. The second kappa shape index (κ2) is 9.79. The summed E-state index contributed by atoms with van der Waals surface area (Å²) in [5.41, 5.74) is 2.86. The van der Waals surface area contributed by atoms with Gasteiger partial charge in [-0.1, -0.05) is 0 Å². The molecule has 6 heteroatoms. The summed E-state index contributed by atoms with van der Waals surface area (Å²) >= 11 is 0. The number of piperidine rings is 1. The highest BCUT2D eigenvalue weighted by atomic mass is 16.5. The second-order valence-corrected chi connectivity index (χ2v) is 8.11. The molecule has 6 nitrogen and oxygen atoms in total. The van der Waals surface area contributed by atoms with Crippen LogP contribution in [0.3, 0.4) is 0 Å². The number of aryl methyl sites for hydroxylation is 2. The van der Waals surface area contributed by atoms with Gasteiger partial charge in [0.05, 0.1) is 6.54 Å². The molecule has 1 fully saturated rings. The summed E-state index contributed by atoms with van der Waals surface area (Å²) in [7, 11) is 0. The van der Waals surface area contributed by atoms with E-state index in [2.05, 4.69) is 28.2 Å². The summed E-state index contributed by atoms with van der Waals surface area (Å²) in [6, 6.07) is 13.3. The van der Waals surface area contributed by atoms with E-state index >= 15 is 0 Å². The number of nitrogens with one attached hydrogen (secondary N) is 1. The van der Waals surface area contributed by atoms with E-state index in [1.54, 1.807) is 12.4 Å². The number of benzene rings is 1. The van der Waals surface area contributed by atoms with Crippen molar-refractivity contribution in [1.82, 2.24) is 15.2 Å². The molecule has 1 amide bonds. The molecule has 0 atom stereocenters. The number of aromatic nitrogens is 1. The van der Waals surface area contributed by atoms with E-state index in [-0.39, 0.29) is 12.0 Å². The molecule has 3 heterocycles. The summed E-state index contributed by atoms with van der Waals surface area (Å²) in [6.45, 7) is 7.39. The van der Waals surface area contributed by atoms with E-state index in [0.717, 1.165) is 55.3 Å². The molecule has 1 N–H and O–H groups in total. The number of hydrogen-bond acceptors (Lipinski definition) is 5. The van der Waals surface area contributed by atoms with Crippen molar-refractivity contribution in [3.8, 4) is 5.75 Å². The van der Waals surface area contributed by atoms with Crippen LogP contribution in [-0.2, 0) is 13.1 Å². The maximum absolute atomic E-state index is 12.3. The minimum atomic E-state index is -0.0972. The fourth-order valence-corrected chi connectivity index (χ4v) is 3.80. The average molecular weight is 420 g/mol. The van der Waals surface area contributed by atoms with Crippen molar-refractivity contribution < 1.29 is 13.9 Å². The molecule has 4 rings (SSSR count). The standard InChI is InChI=1S/C25H29N3O3/c1-18-15-24(30-19(18)2)17-28-13-9-23(10-14-28)31-22-5-3-21(4-6-22)25(29)27-16-20-7-11-26-12-8-20/h3-8,11-12,15,23H,9-10,13-14,16-17H2,1-2H3,(H,27,29). The van der Waals surface area contributed by atoms with E-state index < -0.39 is 0 Å². The molecule has 1 aliphatic heterocycles. The summed E-state index contributed by atoms with van der Waals surface area (Å²) < 4.78 is 12.0. The van der Waals surface area contributed by atoms with Crippen LogP contribution in [0.15, 0.2) is 59.3 Å². The van der Waals surface area contributed by atoms with Crippen LogP contribution in [0.25, 0.3) is 0 Å². The van der Waals surface area contributed by atoms with E-state index in [1.165, 1.54) is 5.56 Å². The number of amides is 1. The van der Waals surface area contributed by atoms with Crippen molar-refractivity contribution in [2.24, 2.45) is 0 Å². The Balaban J connectivity index is 1.22.